The zero-order valence-electron chi connectivity index (χ0n) is 16.8. The van der Waals surface area contributed by atoms with E-state index in [1.165, 1.54) is 0 Å². The summed E-state index contributed by atoms with van der Waals surface area (Å²) >= 11 is 0. The van der Waals surface area contributed by atoms with Crippen LogP contribution in [-0.2, 0) is 0 Å². The van der Waals surface area contributed by atoms with Gasteiger partial charge < -0.3 is 18.9 Å². The summed E-state index contributed by atoms with van der Waals surface area (Å²) < 4.78 is 21.7. The zero-order chi connectivity index (χ0) is 20.8. The van der Waals surface area contributed by atoms with Crippen LogP contribution < -0.4 is 18.9 Å². The van der Waals surface area contributed by atoms with Gasteiger partial charge in [0.1, 0.15) is 24.7 Å². The summed E-state index contributed by atoms with van der Waals surface area (Å²) in [6.07, 6.45) is 0. The second-order valence-corrected chi connectivity index (χ2v) is 6.54. The van der Waals surface area contributed by atoms with Crippen LogP contribution >= 0.6 is 0 Å². The van der Waals surface area contributed by atoms with Crippen molar-refractivity contribution in [2.75, 3.05) is 27.4 Å². The molecular weight excluding hydrogens is 376 g/mol. The third kappa shape index (κ3) is 4.69. The van der Waals surface area contributed by atoms with Crippen molar-refractivity contribution in [2.45, 2.75) is 0 Å². The molecule has 3 aromatic carbocycles. The smallest absolute Gasteiger partial charge is 0.162 e. The molecule has 1 heterocycles. The molecule has 0 atom stereocenters. The number of fused-ring (bicyclic) bond motifs is 1. The molecule has 0 spiro atoms. The molecule has 3 aromatic rings. The van der Waals surface area contributed by atoms with Gasteiger partial charge in [0.25, 0.3) is 0 Å². The molecule has 0 bridgehead atoms. The number of ether oxygens (including phenoxy) is 4. The van der Waals surface area contributed by atoms with Crippen molar-refractivity contribution in [1.82, 2.24) is 0 Å². The van der Waals surface area contributed by atoms with Crippen molar-refractivity contribution in [3.05, 3.63) is 82.9 Å². The van der Waals surface area contributed by atoms with Crippen molar-refractivity contribution in [2.24, 2.45) is 0 Å². The third-order valence-corrected chi connectivity index (χ3v) is 4.48. The predicted molar refractivity (Wildman–Crippen MR) is 115 cm³/mol. The Balaban J connectivity index is 1.49. The average Bonchev–Trinajstić information content (AvgIpc) is 2.81. The van der Waals surface area contributed by atoms with Crippen molar-refractivity contribution in [3.63, 3.8) is 0 Å². The highest BCUT2D eigenvalue weighted by Crippen LogP contribution is 2.30. The quantitative estimate of drug-likeness (QED) is 0.606. The summed E-state index contributed by atoms with van der Waals surface area (Å²) in [6.45, 7) is 1.15. The first-order valence-corrected chi connectivity index (χ1v) is 9.50. The number of benzene rings is 3. The molecule has 1 aliphatic heterocycles. The summed E-state index contributed by atoms with van der Waals surface area (Å²) in [4.78, 5) is 0. The Hall–Kier alpha value is -4.02. The normalized spacial score (nSPS) is 11.4. The zero-order valence-corrected chi connectivity index (χ0v) is 16.8. The minimum absolute atomic E-state index is 0.564. The highest BCUT2D eigenvalue weighted by atomic mass is 16.6. The Bertz CT molecular complexity index is 1150. The maximum absolute atomic E-state index is 5.60. The van der Waals surface area contributed by atoms with E-state index in [9.17, 15) is 0 Å². The van der Waals surface area contributed by atoms with Gasteiger partial charge in [0.2, 0.25) is 0 Å². The van der Waals surface area contributed by atoms with E-state index in [0.717, 1.165) is 33.8 Å². The van der Waals surface area contributed by atoms with Crippen molar-refractivity contribution in [1.29, 1.82) is 0 Å². The molecule has 0 aliphatic carbocycles. The summed E-state index contributed by atoms with van der Waals surface area (Å²) in [5.41, 5.74) is 3.53. The van der Waals surface area contributed by atoms with E-state index in [2.05, 4.69) is 23.7 Å². The standard InChI is InChI=1S/C26H20O4/c1-27-23-15-22(16-24(18-23)28-2)10-8-20-5-3-19(4-6-20)7-9-21-11-12-25-26(17-21)30-14-13-29-25/h3-6,11-12,15-18H,13-14H2,1-2H3. The molecule has 0 amide bonds. The van der Waals surface area contributed by atoms with E-state index >= 15 is 0 Å². The molecule has 0 saturated carbocycles. The topological polar surface area (TPSA) is 36.9 Å². The van der Waals surface area contributed by atoms with Gasteiger partial charge in [-0.05, 0) is 54.6 Å². The molecule has 0 unspecified atom stereocenters. The Labute approximate surface area is 176 Å². The van der Waals surface area contributed by atoms with Crippen LogP contribution in [0.3, 0.4) is 0 Å². The van der Waals surface area contributed by atoms with Gasteiger partial charge in [0, 0.05) is 28.3 Å². The Morgan fingerprint density at radius 3 is 1.67 bits per heavy atom. The predicted octanol–water partition coefficient (Wildman–Crippen LogP) is 4.27. The average molecular weight is 396 g/mol. The minimum Gasteiger partial charge on any atom is -0.497 e. The lowest BCUT2D eigenvalue weighted by Gasteiger charge is -2.17. The molecule has 0 aromatic heterocycles. The fourth-order valence-corrected chi connectivity index (χ4v) is 2.93. The van der Waals surface area contributed by atoms with E-state index < -0.39 is 0 Å². The van der Waals surface area contributed by atoms with E-state index in [4.69, 9.17) is 18.9 Å². The van der Waals surface area contributed by atoms with Crippen LogP contribution in [0.25, 0.3) is 0 Å². The molecule has 0 radical (unpaired) electrons. The van der Waals surface area contributed by atoms with E-state index in [-0.39, 0.29) is 0 Å². The van der Waals surface area contributed by atoms with Crippen molar-refractivity contribution < 1.29 is 18.9 Å². The van der Waals surface area contributed by atoms with Crippen LogP contribution in [0, 0.1) is 23.7 Å². The summed E-state index contributed by atoms with van der Waals surface area (Å²) in [5, 5.41) is 0. The molecule has 30 heavy (non-hydrogen) atoms. The highest BCUT2D eigenvalue weighted by Gasteiger charge is 2.10. The van der Waals surface area contributed by atoms with Gasteiger partial charge in [-0.3, -0.25) is 0 Å². The van der Waals surface area contributed by atoms with Crippen LogP contribution in [0.2, 0.25) is 0 Å². The second kappa shape index (κ2) is 8.99. The van der Waals surface area contributed by atoms with Gasteiger partial charge in [-0.15, -0.1) is 0 Å². The number of hydrogen-bond donors (Lipinski definition) is 0. The lowest BCUT2D eigenvalue weighted by molar-refractivity contribution is 0.171. The molecule has 4 nitrogen and oxygen atoms in total. The molecule has 4 heteroatoms. The van der Waals surface area contributed by atoms with Crippen LogP contribution in [0.1, 0.15) is 22.3 Å². The van der Waals surface area contributed by atoms with Gasteiger partial charge in [-0.1, -0.05) is 23.7 Å². The lowest BCUT2D eigenvalue weighted by Crippen LogP contribution is -2.15. The largest absolute Gasteiger partial charge is 0.497 e. The van der Waals surface area contributed by atoms with E-state index in [0.29, 0.717) is 24.7 Å². The third-order valence-electron chi connectivity index (χ3n) is 4.48. The Morgan fingerprint density at radius 1 is 0.567 bits per heavy atom. The molecule has 0 saturated heterocycles. The Morgan fingerprint density at radius 2 is 1.07 bits per heavy atom. The molecule has 4 rings (SSSR count). The van der Waals surface area contributed by atoms with Crippen LogP contribution in [0.15, 0.2) is 60.7 Å². The first-order chi connectivity index (χ1) is 14.7. The number of hydrogen-bond acceptors (Lipinski definition) is 4. The fourth-order valence-electron chi connectivity index (χ4n) is 2.93. The SMILES string of the molecule is COc1cc(C#Cc2ccc(C#Cc3ccc4c(c3)OCCO4)cc2)cc(OC)c1. The van der Waals surface area contributed by atoms with Crippen molar-refractivity contribution >= 4 is 0 Å². The fraction of sp³-hybridized carbons (Fsp3) is 0.154. The van der Waals surface area contributed by atoms with Gasteiger partial charge >= 0.3 is 0 Å². The van der Waals surface area contributed by atoms with Gasteiger partial charge in [0.15, 0.2) is 11.5 Å². The summed E-state index contributed by atoms with van der Waals surface area (Å²) in [5.74, 6) is 15.6. The molecular formula is C26H20O4. The maximum atomic E-state index is 5.60. The van der Waals surface area contributed by atoms with E-state index in [1.807, 2.05) is 60.7 Å². The highest BCUT2D eigenvalue weighted by molar-refractivity contribution is 5.53. The first kappa shape index (κ1) is 19.3. The van der Waals surface area contributed by atoms with Crippen LogP contribution in [0.4, 0.5) is 0 Å². The number of methoxy groups -OCH3 is 2. The molecule has 0 fully saturated rings. The monoisotopic (exact) mass is 396 g/mol. The lowest BCUT2D eigenvalue weighted by atomic mass is 10.1. The number of rotatable bonds is 2. The van der Waals surface area contributed by atoms with Crippen molar-refractivity contribution in [3.8, 4) is 46.7 Å². The maximum Gasteiger partial charge on any atom is 0.162 e. The van der Waals surface area contributed by atoms with Crippen LogP contribution in [-0.4, -0.2) is 27.4 Å². The molecule has 148 valence electrons. The summed E-state index contributed by atoms with van der Waals surface area (Å²) in [6, 6.07) is 19.1. The van der Waals surface area contributed by atoms with E-state index in [1.54, 1.807) is 14.2 Å². The molecule has 0 N–H and O–H groups in total. The minimum atomic E-state index is 0.564. The van der Waals surface area contributed by atoms with Crippen LogP contribution in [0.5, 0.6) is 23.0 Å². The van der Waals surface area contributed by atoms with Gasteiger partial charge in [-0.25, -0.2) is 0 Å². The Kier molecular flexibility index (Phi) is 5.78. The van der Waals surface area contributed by atoms with Gasteiger partial charge in [0.05, 0.1) is 14.2 Å². The molecule has 1 aliphatic rings. The van der Waals surface area contributed by atoms with Gasteiger partial charge in [-0.2, -0.15) is 0 Å². The second-order valence-electron chi connectivity index (χ2n) is 6.54. The first-order valence-electron chi connectivity index (χ1n) is 9.50. The summed E-state index contributed by atoms with van der Waals surface area (Å²) in [7, 11) is 3.24.